The molecule has 2 aliphatic heterocycles. The molecule has 1 aromatic rings. The Kier molecular flexibility index (Phi) is 4.90. The summed E-state index contributed by atoms with van der Waals surface area (Å²) in [5.74, 6) is 0.226. The summed E-state index contributed by atoms with van der Waals surface area (Å²) in [5, 5.41) is 3.37. The Hall–Kier alpha value is -1.88. The van der Waals surface area contributed by atoms with E-state index in [0.29, 0.717) is 18.2 Å². The lowest BCUT2D eigenvalue weighted by Gasteiger charge is -2.43. The molecule has 5 heteroatoms. The van der Waals surface area contributed by atoms with Crippen molar-refractivity contribution in [3.63, 3.8) is 0 Å². The van der Waals surface area contributed by atoms with Crippen LogP contribution >= 0.6 is 0 Å². The largest absolute Gasteiger partial charge is 0.339 e. The van der Waals surface area contributed by atoms with Crippen molar-refractivity contribution < 1.29 is 9.59 Å². The maximum Gasteiger partial charge on any atom is 0.253 e. The lowest BCUT2D eigenvalue weighted by Crippen LogP contribution is -2.58. The van der Waals surface area contributed by atoms with Crippen molar-refractivity contribution in [1.82, 2.24) is 15.1 Å². The average Bonchev–Trinajstić information content (AvgIpc) is 2.61. The first kappa shape index (κ1) is 17.0. The van der Waals surface area contributed by atoms with Crippen LogP contribution in [0.3, 0.4) is 0 Å². The number of carbonyl (C=O) groups is 2. The Labute approximate surface area is 144 Å². The van der Waals surface area contributed by atoms with E-state index in [2.05, 4.69) is 12.2 Å². The second kappa shape index (κ2) is 6.93. The fraction of sp³-hybridized carbons (Fsp3) is 0.579. The summed E-state index contributed by atoms with van der Waals surface area (Å²) in [6.07, 6.45) is 1.73. The van der Waals surface area contributed by atoms with Gasteiger partial charge in [0.15, 0.2) is 0 Å². The predicted octanol–water partition coefficient (Wildman–Crippen LogP) is 1.75. The molecule has 2 unspecified atom stereocenters. The van der Waals surface area contributed by atoms with Crippen molar-refractivity contribution in [3.8, 4) is 0 Å². The number of piperazine rings is 1. The minimum Gasteiger partial charge on any atom is -0.339 e. The highest BCUT2D eigenvalue weighted by atomic mass is 16.2. The third-order valence-corrected chi connectivity index (χ3v) is 5.18. The summed E-state index contributed by atoms with van der Waals surface area (Å²) in [5.41, 5.74) is 0.227. The van der Waals surface area contributed by atoms with E-state index in [1.165, 1.54) is 0 Å². The number of likely N-dealkylation sites (tertiary alicyclic amines) is 1. The highest BCUT2D eigenvalue weighted by Crippen LogP contribution is 2.32. The molecule has 1 N–H and O–H groups in total. The Morgan fingerprint density at radius 2 is 1.92 bits per heavy atom. The van der Waals surface area contributed by atoms with Gasteiger partial charge in [0.1, 0.15) is 0 Å². The van der Waals surface area contributed by atoms with E-state index in [1.54, 1.807) is 0 Å². The number of amides is 2. The summed E-state index contributed by atoms with van der Waals surface area (Å²) in [6.45, 7) is 7.72. The zero-order chi connectivity index (χ0) is 17.2. The van der Waals surface area contributed by atoms with Crippen LogP contribution < -0.4 is 5.32 Å². The van der Waals surface area contributed by atoms with Gasteiger partial charge in [0.2, 0.25) is 5.91 Å². The van der Waals surface area contributed by atoms with Crippen LogP contribution in [0, 0.1) is 5.41 Å². The summed E-state index contributed by atoms with van der Waals surface area (Å²) in [6, 6.07) is 9.68. The first-order valence-corrected chi connectivity index (χ1v) is 8.87. The van der Waals surface area contributed by atoms with Crippen LogP contribution in [-0.4, -0.2) is 60.4 Å². The van der Waals surface area contributed by atoms with E-state index in [0.717, 1.165) is 39.0 Å². The van der Waals surface area contributed by atoms with Crippen LogP contribution in [-0.2, 0) is 4.79 Å². The Balaban J connectivity index is 1.71. The third-order valence-electron chi connectivity index (χ3n) is 5.18. The van der Waals surface area contributed by atoms with Crippen molar-refractivity contribution >= 4 is 11.8 Å². The molecule has 0 radical (unpaired) electrons. The van der Waals surface area contributed by atoms with Gasteiger partial charge in [-0.25, -0.2) is 0 Å². The van der Waals surface area contributed by atoms with Crippen LogP contribution in [0.15, 0.2) is 30.3 Å². The summed E-state index contributed by atoms with van der Waals surface area (Å²) >= 11 is 0. The van der Waals surface area contributed by atoms with Gasteiger partial charge in [-0.3, -0.25) is 9.59 Å². The molecule has 1 aromatic carbocycles. The molecule has 5 nitrogen and oxygen atoms in total. The molecule has 0 aliphatic carbocycles. The fourth-order valence-corrected chi connectivity index (χ4v) is 3.85. The lowest BCUT2D eigenvalue weighted by molar-refractivity contribution is -0.145. The molecule has 2 atom stereocenters. The first-order valence-electron chi connectivity index (χ1n) is 8.87. The number of benzene rings is 1. The van der Waals surface area contributed by atoms with E-state index in [9.17, 15) is 9.59 Å². The molecule has 3 rings (SSSR count). The molecule has 0 aromatic heterocycles. The Morgan fingerprint density at radius 1 is 1.17 bits per heavy atom. The van der Waals surface area contributed by atoms with E-state index < -0.39 is 5.41 Å². The van der Waals surface area contributed by atoms with Crippen molar-refractivity contribution in [2.45, 2.75) is 32.7 Å². The van der Waals surface area contributed by atoms with Crippen LogP contribution in [0.1, 0.15) is 37.0 Å². The number of carbonyl (C=O) groups excluding carboxylic acids is 2. The van der Waals surface area contributed by atoms with Crippen molar-refractivity contribution in [2.75, 3.05) is 32.7 Å². The number of hydrogen-bond donors (Lipinski definition) is 1. The van der Waals surface area contributed by atoms with Gasteiger partial charge in [0.05, 0.1) is 5.41 Å². The molecule has 0 spiro atoms. The van der Waals surface area contributed by atoms with E-state index in [-0.39, 0.29) is 11.8 Å². The van der Waals surface area contributed by atoms with Gasteiger partial charge >= 0.3 is 0 Å². The summed E-state index contributed by atoms with van der Waals surface area (Å²) in [7, 11) is 0. The molecule has 0 saturated carbocycles. The molecular weight excluding hydrogens is 302 g/mol. The molecule has 24 heavy (non-hydrogen) atoms. The molecular formula is C19H27N3O2. The predicted molar refractivity (Wildman–Crippen MR) is 93.7 cm³/mol. The van der Waals surface area contributed by atoms with Gasteiger partial charge in [0, 0.05) is 44.3 Å². The molecule has 0 bridgehead atoms. The number of piperidine rings is 1. The van der Waals surface area contributed by atoms with Gasteiger partial charge in [-0.1, -0.05) is 18.2 Å². The van der Waals surface area contributed by atoms with Gasteiger partial charge in [0.25, 0.3) is 5.91 Å². The molecule has 130 valence electrons. The van der Waals surface area contributed by atoms with Crippen LogP contribution in [0.4, 0.5) is 0 Å². The number of nitrogens with zero attached hydrogens (tertiary/aromatic N) is 2. The van der Waals surface area contributed by atoms with Gasteiger partial charge in [-0.2, -0.15) is 0 Å². The van der Waals surface area contributed by atoms with Crippen LogP contribution in [0.2, 0.25) is 0 Å². The lowest BCUT2D eigenvalue weighted by atomic mass is 9.80. The van der Waals surface area contributed by atoms with Crippen molar-refractivity contribution in [1.29, 1.82) is 0 Å². The second-order valence-electron chi connectivity index (χ2n) is 7.36. The second-order valence-corrected chi connectivity index (χ2v) is 7.36. The van der Waals surface area contributed by atoms with E-state index in [1.807, 2.05) is 47.1 Å². The minimum atomic E-state index is -0.472. The van der Waals surface area contributed by atoms with Crippen molar-refractivity contribution in [2.24, 2.45) is 5.41 Å². The first-order chi connectivity index (χ1) is 11.5. The quantitative estimate of drug-likeness (QED) is 0.899. The number of hydrogen-bond acceptors (Lipinski definition) is 3. The minimum absolute atomic E-state index is 0.0306. The van der Waals surface area contributed by atoms with Gasteiger partial charge in [-0.05, 0) is 38.8 Å². The maximum atomic E-state index is 13.1. The molecule has 2 aliphatic rings. The topological polar surface area (TPSA) is 52.7 Å². The number of nitrogens with one attached hydrogen (secondary N) is 1. The molecule has 2 heterocycles. The zero-order valence-electron chi connectivity index (χ0n) is 14.6. The normalized spacial score (nSPS) is 27.8. The summed E-state index contributed by atoms with van der Waals surface area (Å²) < 4.78 is 0. The molecule has 2 saturated heterocycles. The fourth-order valence-electron chi connectivity index (χ4n) is 3.85. The van der Waals surface area contributed by atoms with Crippen LogP contribution in [0.25, 0.3) is 0 Å². The third kappa shape index (κ3) is 3.46. The Bertz CT molecular complexity index is 604. The van der Waals surface area contributed by atoms with Crippen molar-refractivity contribution in [3.05, 3.63) is 35.9 Å². The van der Waals surface area contributed by atoms with E-state index in [4.69, 9.17) is 0 Å². The standard InChI is InChI=1S/C19H27N3O2/c1-15-13-21(12-10-20-15)18(24)19(2)9-6-11-22(14-19)17(23)16-7-4-3-5-8-16/h3-5,7-8,15,20H,6,9-14H2,1-2H3. The molecule has 2 amide bonds. The molecule has 2 fully saturated rings. The van der Waals surface area contributed by atoms with Gasteiger partial charge < -0.3 is 15.1 Å². The zero-order valence-corrected chi connectivity index (χ0v) is 14.6. The summed E-state index contributed by atoms with van der Waals surface area (Å²) in [4.78, 5) is 29.6. The Morgan fingerprint density at radius 3 is 2.62 bits per heavy atom. The van der Waals surface area contributed by atoms with Gasteiger partial charge in [-0.15, -0.1) is 0 Å². The highest BCUT2D eigenvalue weighted by Gasteiger charge is 2.42. The van der Waals surface area contributed by atoms with Crippen LogP contribution in [0.5, 0.6) is 0 Å². The number of rotatable bonds is 2. The SMILES string of the molecule is CC1CN(C(=O)C2(C)CCCN(C(=O)c3ccccc3)C2)CCN1. The maximum absolute atomic E-state index is 13.1. The average molecular weight is 329 g/mol. The highest BCUT2D eigenvalue weighted by molar-refractivity contribution is 5.95. The monoisotopic (exact) mass is 329 g/mol. The smallest absolute Gasteiger partial charge is 0.253 e. The van der Waals surface area contributed by atoms with E-state index >= 15 is 0 Å².